The lowest BCUT2D eigenvalue weighted by Gasteiger charge is -2.23. The average molecular weight is 300 g/mol. The zero-order chi connectivity index (χ0) is 13.4. The summed E-state index contributed by atoms with van der Waals surface area (Å²) in [6.45, 7) is 1.96. The molecule has 1 aromatic carbocycles. The van der Waals surface area contributed by atoms with E-state index in [9.17, 15) is 5.11 Å². The molecule has 3 atom stereocenters. The highest BCUT2D eigenvalue weighted by Gasteiger charge is 2.33. The normalized spacial score (nSPS) is 32.1. The molecule has 0 bridgehead atoms. The SMILES string of the molecule is OC1CC(c2ccc(Cl)c(Cl)c2)CC2CCCN2C1. The molecule has 0 radical (unpaired) electrons. The van der Waals surface area contributed by atoms with Crippen LogP contribution in [0.1, 0.15) is 37.2 Å². The van der Waals surface area contributed by atoms with Crippen molar-refractivity contribution in [1.82, 2.24) is 4.90 Å². The quantitative estimate of drug-likeness (QED) is 0.855. The van der Waals surface area contributed by atoms with Gasteiger partial charge < -0.3 is 5.11 Å². The number of benzene rings is 1. The van der Waals surface area contributed by atoms with E-state index < -0.39 is 0 Å². The van der Waals surface area contributed by atoms with Crippen LogP contribution in [0.2, 0.25) is 10.0 Å². The van der Waals surface area contributed by atoms with E-state index in [1.54, 1.807) is 0 Å². The molecule has 104 valence electrons. The molecular weight excluding hydrogens is 281 g/mol. The Bertz CT molecular complexity index is 465. The van der Waals surface area contributed by atoms with Gasteiger partial charge in [-0.3, -0.25) is 4.90 Å². The Kier molecular flexibility index (Phi) is 4.04. The number of rotatable bonds is 1. The Labute approximate surface area is 124 Å². The van der Waals surface area contributed by atoms with Crippen molar-refractivity contribution in [3.63, 3.8) is 0 Å². The van der Waals surface area contributed by atoms with Crippen molar-refractivity contribution in [1.29, 1.82) is 0 Å². The largest absolute Gasteiger partial charge is 0.392 e. The third-order valence-corrected chi connectivity index (χ3v) is 5.21. The third kappa shape index (κ3) is 2.92. The van der Waals surface area contributed by atoms with Crippen molar-refractivity contribution < 1.29 is 5.11 Å². The lowest BCUT2D eigenvalue weighted by molar-refractivity contribution is 0.116. The first-order chi connectivity index (χ1) is 9.13. The van der Waals surface area contributed by atoms with Crippen LogP contribution in [0.4, 0.5) is 0 Å². The van der Waals surface area contributed by atoms with E-state index >= 15 is 0 Å². The van der Waals surface area contributed by atoms with Gasteiger partial charge in [-0.1, -0.05) is 29.3 Å². The van der Waals surface area contributed by atoms with E-state index in [4.69, 9.17) is 23.2 Å². The minimum absolute atomic E-state index is 0.234. The Hall–Kier alpha value is -0.280. The molecule has 2 saturated heterocycles. The zero-order valence-electron chi connectivity index (χ0n) is 10.9. The summed E-state index contributed by atoms with van der Waals surface area (Å²) in [5.41, 5.74) is 1.21. The summed E-state index contributed by atoms with van der Waals surface area (Å²) in [5, 5.41) is 11.4. The number of hydrogen-bond donors (Lipinski definition) is 1. The highest BCUT2D eigenvalue weighted by Crippen LogP contribution is 2.37. The molecule has 0 aromatic heterocycles. The van der Waals surface area contributed by atoms with Crippen molar-refractivity contribution in [3.05, 3.63) is 33.8 Å². The second kappa shape index (κ2) is 5.61. The van der Waals surface area contributed by atoms with Crippen LogP contribution >= 0.6 is 23.2 Å². The van der Waals surface area contributed by atoms with Crippen molar-refractivity contribution in [2.24, 2.45) is 0 Å². The smallest absolute Gasteiger partial charge is 0.0673 e. The molecular formula is C15H19Cl2NO. The van der Waals surface area contributed by atoms with Crippen LogP contribution in [0.3, 0.4) is 0 Å². The van der Waals surface area contributed by atoms with Crippen LogP contribution in [0, 0.1) is 0 Å². The number of fused-ring (bicyclic) bond motifs is 1. The second-order valence-corrected chi connectivity index (χ2v) is 6.60. The highest BCUT2D eigenvalue weighted by atomic mass is 35.5. The van der Waals surface area contributed by atoms with E-state index in [0.717, 1.165) is 25.9 Å². The number of halogens is 2. The molecule has 1 N–H and O–H groups in total. The van der Waals surface area contributed by atoms with Gasteiger partial charge in [0.25, 0.3) is 0 Å². The molecule has 0 saturated carbocycles. The predicted octanol–water partition coefficient (Wildman–Crippen LogP) is 3.70. The van der Waals surface area contributed by atoms with Crippen LogP contribution in [-0.2, 0) is 0 Å². The van der Waals surface area contributed by atoms with Gasteiger partial charge in [-0.15, -0.1) is 0 Å². The number of aliphatic hydroxyl groups is 1. The van der Waals surface area contributed by atoms with E-state index in [1.807, 2.05) is 12.1 Å². The summed E-state index contributed by atoms with van der Waals surface area (Å²) >= 11 is 12.1. The maximum atomic E-state index is 10.2. The molecule has 4 heteroatoms. The third-order valence-electron chi connectivity index (χ3n) is 4.47. The summed E-state index contributed by atoms with van der Waals surface area (Å²) in [6, 6.07) is 6.50. The molecule has 2 nitrogen and oxygen atoms in total. The van der Waals surface area contributed by atoms with Crippen LogP contribution < -0.4 is 0 Å². The number of aliphatic hydroxyl groups excluding tert-OH is 1. The highest BCUT2D eigenvalue weighted by molar-refractivity contribution is 6.42. The fraction of sp³-hybridized carbons (Fsp3) is 0.600. The molecule has 0 aliphatic carbocycles. The van der Waals surface area contributed by atoms with E-state index in [-0.39, 0.29) is 6.10 Å². The van der Waals surface area contributed by atoms with Crippen LogP contribution in [-0.4, -0.2) is 35.2 Å². The van der Waals surface area contributed by atoms with Crippen molar-refractivity contribution in [2.75, 3.05) is 13.1 Å². The van der Waals surface area contributed by atoms with Gasteiger partial charge in [0.05, 0.1) is 16.1 Å². The van der Waals surface area contributed by atoms with E-state index in [2.05, 4.69) is 11.0 Å². The topological polar surface area (TPSA) is 23.5 Å². The van der Waals surface area contributed by atoms with Gasteiger partial charge in [-0.2, -0.15) is 0 Å². The van der Waals surface area contributed by atoms with Gasteiger partial charge in [-0.05, 0) is 55.8 Å². The van der Waals surface area contributed by atoms with Gasteiger partial charge in [0.1, 0.15) is 0 Å². The van der Waals surface area contributed by atoms with Gasteiger partial charge in [0, 0.05) is 12.6 Å². The van der Waals surface area contributed by atoms with Crippen molar-refractivity contribution in [2.45, 2.75) is 43.7 Å². The van der Waals surface area contributed by atoms with Crippen LogP contribution in [0.15, 0.2) is 18.2 Å². The molecule has 3 unspecified atom stereocenters. The van der Waals surface area contributed by atoms with Crippen molar-refractivity contribution in [3.8, 4) is 0 Å². The Morgan fingerprint density at radius 2 is 2.00 bits per heavy atom. The Morgan fingerprint density at radius 3 is 2.79 bits per heavy atom. The molecule has 0 spiro atoms. The summed E-state index contributed by atoms with van der Waals surface area (Å²) < 4.78 is 0. The summed E-state index contributed by atoms with van der Waals surface area (Å²) in [6.07, 6.45) is 4.22. The number of hydrogen-bond acceptors (Lipinski definition) is 2. The molecule has 2 aliphatic heterocycles. The first-order valence-corrected chi connectivity index (χ1v) is 7.76. The molecule has 2 fully saturated rings. The molecule has 2 aliphatic rings. The Balaban J connectivity index is 1.84. The standard InChI is InChI=1S/C15H19Cl2NO/c16-14-4-3-10(8-15(14)17)11-6-12-2-1-5-18(12)9-13(19)7-11/h3-4,8,11-13,19H,1-2,5-7,9H2. The summed E-state index contributed by atoms with van der Waals surface area (Å²) in [5.74, 6) is 0.387. The van der Waals surface area contributed by atoms with E-state index in [1.165, 1.54) is 18.4 Å². The molecule has 0 amide bonds. The molecule has 3 rings (SSSR count). The van der Waals surface area contributed by atoms with Gasteiger partial charge in [-0.25, -0.2) is 0 Å². The van der Waals surface area contributed by atoms with Gasteiger partial charge >= 0.3 is 0 Å². The van der Waals surface area contributed by atoms with E-state index in [0.29, 0.717) is 22.0 Å². The maximum absolute atomic E-state index is 10.2. The summed E-state index contributed by atoms with van der Waals surface area (Å²) in [7, 11) is 0. The fourth-order valence-electron chi connectivity index (χ4n) is 3.54. The first kappa shape index (κ1) is 13.7. The fourth-order valence-corrected chi connectivity index (χ4v) is 3.85. The lowest BCUT2D eigenvalue weighted by Crippen LogP contribution is -2.33. The monoisotopic (exact) mass is 299 g/mol. The lowest BCUT2D eigenvalue weighted by atomic mass is 9.88. The van der Waals surface area contributed by atoms with Gasteiger partial charge in [0.2, 0.25) is 0 Å². The first-order valence-electron chi connectivity index (χ1n) is 7.00. The van der Waals surface area contributed by atoms with Crippen LogP contribution in [0.5, 0.6) is 0 Å². The number of nitrogens with zero attached hydrogens (tertiary/aromatic N) is 1. The van der Waals surface area contributed by atoms with Gasteiger partial charge in [0.15, 0.2) is 0 Å². The minimum Gasteiger partial charge on any atom is -0.392 e. The predicted molar refractivity (Wildman–Crippen MR) is 79.0 cm³/mol. The minimum atomic E-state index is -0.234. The molecule has 1 aromatic rings. The van der Waals surface area contributed by atoms with Crippen molar-refractivity contribution >= 4 is 23.2 Å². The summed E-state index contributed by atoms with van der Waals surface area (Å²) in [4.78, 5) is 2.45. The van der Waals surface area contributed by atoms with Crippen LogP contribution in [0.25, 0.3) is 0 Å². The maximum Gasteiger partial charge on any atom is 0.0673 e. The molecule has 19 heavy (non-hydrogen) atoms. The Morgan fingerprint density at radius 1 is 1.16 bits per heavy atom. The average Bonchev–Trinajstić information content (AvgIpc) is 2.73. The second-order valence-electron chi connectivity index (χ2n) is 5.79. The molecule has 2 heterocycles. The zero-order valence-corrected chi connectivity index (χ0v) is 12.4.